The minimum absolute atomic E-state index is 0.0103. The maximum absolute atomic E-state index is 13.6. The largest absolute Gasteiger partial charge is 0.462 e. The molecule has 2 amide bonds. The first-order valence-corrected chi connectivity index (χ1v) is 19.1. The number of ether oxygens (including phenoxy) is 1. The zero-order valence-electron chi connectivity index (χ0n) is 29.7. The molecule has 53 heavy (non-hydrogen) atoms. The lowest BCUT2D eigenvalue weighted by atomic mass is 9.94. The zero-order chi connectivity index (χ0) is 37.3. The number of imide groups is 1. The van der Waals surface area contributed by atoms with E-state index in [1.807, 2.05) is 54.6 Å². The molecule has 0 aliphatic carbocycles. The molecular formula is C44H39N3O4S2. The minimum atomic E-state index is -0.554. The van der Waals surface area contributed by atoms with E-state index in [4.69, 9.17) is 4.74 Å². The highest BCUT2D eigenvalue weighted by Gasteiger charge is 2.35. The van der Waals surface area contributed by atoms with Gasteiger partial charge in [-0.1, -0.05) is 61.5 Å². The smallest absolute Gasteiger partial charge is 0.333 e. The van der Waals surface area contributed by atoms with E-state index < -0.39 is 17.8 Å². The fraction of sp³-hybridized carbons (Fsp3) is 0.182. The molecule has 2 aromatic heterocycles. The number of unbranched alkanes of at least 4 members (excludes halogenated alkanes) is 3. The van der Waals surface area contributed by atoms with Crippen LogP contribution in [0.3, 0.4) is 0 Å². The van der Waals surface area contributed by atoms with Crippen molar-refractivity contribution in [2.45, 2.75) is 39.5 Å². The van der Waals surface area contributed by atoms with Gasteiger partial charge in [-0.2, -0.15) is 5.26 Å². The molecular weight excluding hydrogens is 699 g/mol. The Balaban J connectivity index is 1.14. The second kappa shape index (κ2) is 17.1. The predicted molar refractivity (Wildman–Crippen MR) is 215 cm³/mol. The highest BCUT2D eigenvalue weighted by molar-refractivity contribution is 7.24. The first kappa shape index (κ1) is 37.0. The molecule has 0 fully saturated rings. The van der Waals surface area contributed by atoms with Crippen LogP contribution in [0.4, 0.5) is 17.1 Å². The molecule has 5 aromatic rings. The summed E-state index contributed by atoms with van der Waals surface area (Å²) in [6.07, 6.45) is 4.57. The van der Waals surface area contributed by atoms with Crippen molar-refractivity contribution < 1.29 is 19.1 Å². The minimum Gasteiger partial charge on any atom is -0.462 e. The van der Waals surface area contributed by atoms with Gasteiger partial charge in [0, 0.05) is 54.3 Å². The summed E-state index contributed by atoms with van der Waals surface area (Å²) >= 11 is 3.27. The number of para-hydroxylation sites is 2. The molecule has 0 saturated carbocycles. The Hall–Kier alpha value is -5.82. The van der Waals surface area contributed by atoms with Gasteiger partial charge in [0.05, 0.1) is 6.61 Å². The lowest BCUT2D eigenvalue weighted by Crippen LogP contribution is -2.43. The summed E-state index contributed by atoms with van der Waals surface area (Å²) in [7, 11) is 0. The number of nitrogens with zero attached hydrogens (tertiary/aromatic N) is 3. The van der Waals surface area contributed by atoms with Crippen molar-refractivity contribution in [3.63, 3.8) is 0 Å². The molecule has 0 unspecified atom stereocenters. The summed E-state index contributed by atoms with van der Waals surface area (Å²) in [5.41, 5.74) is 5.47. The Morgan fingerprint density at radius 1 is 0.774 bits per heavy atom. The number of hydrogen-bond donors (Lipinski definition) is 0. The molecule has 1 aliphatic rings. The summed E-state index contributed by atoms with van der Waals surface area (Å²) < 4.78 is 5.13. The van der Waals surface area contributed by atoms with Crippen LogP contribution in [0.15, 0.2) is 138 Å². The SMILES string of the molecule is C=C(C)C(=O)OCCCCCCN1C(=O)C(=Cc2ccc(-c3ccc(-c4ccc(N(c5ccccc5)c5ccccc5)cc4)s3)s2)C(C)=C(C#N)C1=O. The maximum atomic E-state index is 13.6. The van der Waals surface area contributed by atoms with E-state index in [-0.39, 0.29) is 12.1 Å². The number of hydrogen-bond acceptors (Lipinski definition) is 8. The lowest BCUT2D eigenvalue weighted by Gasteiger charge is -2.27. The Morgan fingerprint density at radius 2 is 1.36 bits per heavy atom. The topological polar surface area (TPSA) is 90.7 Å². The highest BCUT2D eigenvalue weighted by Crippen LogP contribution is 2.40. The van der Waals surface area contributed by atoms with Gasteiger partial charge in [0.25, 0.3) is 11.8 Å². The number of carbonyl (C=O) groups excluding carboxylic acids is 3. The van der Waals surface area contributed by atoms with Gasteiger partial charge in [-0.3, -0.25) is 14.5 Å². The van der Waals surface area contributed by atoms with Crippen LogP contribution in [0.1, 0.15) is 44.4 Å². The predicted octanol–water partition coefficient (Wildman–Crippen LogP) is 10.9. The molecule has 3 aromatic carbocycles. The molecule has 9 heteroatoms. The van der Waals surface area contributed by atoms with E-state index in [1.165, 1.54) is 4.90 Å². The van der Waals surface area contributed by atoms with Gasteiger partial charge in [0.2, 0.25) is 0 Å². The van der Waals surface area contributed by atoms with E-state index in [1.54, 1.807) is 42.6 Å². The Kier molecular flexibility index (Phi) is 11.9. The number of thiophene rings is 2. The zero-order valence-corrected chi connectivity index (χ0v) is 31.3. The van der Waals surface area contributed by atoms with Crippen LogP contribution in [0.2, 0.25) is 0 Å². The molecule has 266 valence electrons. The van der Waals surface area contributed by atoms with E-state index in [2.05, 4.69) is 72.1 Å². The molecule has 6 rings (SSSR count). The third-order valence-corrected chi connectivity index (χ3v) is 11.2. The molecule has 1 aliphatic heterocycles. The van der Waals surface area contributed by atoms with Crippen LogP contribution in [-0.2, 0) is 19.1 Å². The highest BCUT2D eigenvalue weighted by atomic mass is 32.1. The van der Waals surface area contributed by atoms with Gasteiger partial charge in [-0.15, -0.1) is 22.7 Å². The third kappa shape index (κ3) is 8.63. The number of amides is 2. The second-order valence-electron chi connectivity index (χ2n) is 12.7. The van der Waals surface area contributed by atoms with Crippen LogP contribution in [0.5, 0.6) is 0 Å². The first-order chi connectivity index (χ1) is 25.7. The van der Waals surface area contributed by atoms with Crippen molar-refractivity contribution in [1.82, 2.24) is 4.90 Å². The number of nitriles is 1. The van der Waals surface area contributed by atoms with Crippen molar-refractivity contribution in [1.29, 1.82) is 5.26 Å². The van der Waals surface area contributed by atoms with Gasteiger partial charge in [0.1, 0.15) is 11.6 Å². The summed E-state index contributed by atoms with van der Waals surface area (Å²) in [5.74, 6) is -1.35. The van der Waals surface area contributed by atoms with Gasteiger partial charge >= 0.3 is 5.97 Å². The van der Waals surface area contributed by atoms with Crippen molar-refractivity contribution in [2.75, 3.05) is 18.1 Å². The van der Waals surface area contributed by atoms with Crippen LogP contribution < -0.4 is 4.90 Å². The van der Waals surface area contributed by atoms with Gasteiger partial charge < -0.3 is 9.64 Å². The van der Waals surface area contributed by atoms with Crippen LogP contribution in [0.25, 0.3) is 26.3 Å². The van der Waals surface area contributed by atoms with Crippen molar-refractivity contribution >= 4 is 63.6 Å². The normalized spacial score (nSPS) is 13.7. The Labute approximate surface area is 318 Å². The molecule has 0 saturated heterocycles. The molecule has 0 atom stereocenters. The molecule has 0 spiro atoms. The monoisotopic (exact) mass is 737 g/mol. The molecule has 0 radical (unpaired) electrons. The van der Waals surface area contributed by atoms with Crippen LogP contribution in [0, 0.1) is 11.3 Å². The van der Waals surface area contributed by atoms with Crippen LogP contribution in [-0.4, -0.2) is 35.8 Å². The summed E-state index contributed by atoms with van der Waals surface area (Å²) in [6, 6.07) is 39.5. The van der Waals surface area contributed by atoms with Gasteiger partial charge in [-0.25, -0.2) is 4.79 Å². The van der Waals surface area contributed by atoms with E-state index in [0.29, 0.717) is 36.2 Å². The summed E-state index contributed by atoms with van der Waals surface area (Å²) in [4.78, 5) is 45.9. The number of benzene rings is 3. The fourth-order valence-electron chi connectivity index (χ4n) is 6.05. The third-order valence-electron chi connectivity index (χ3n) is 8.88. The second-order valence-corrected chi connectivity index (χ2v) is 14.9. The van der Waals surface area contributed by atoms with Crippen molar-refractivity contribution in [3.8, 4) is 26.3 Å². The van der Waals surface area contributed by atoms with Crippen molar-refractivity contribution in [3.05, 3.63) is 143 Å². The maximum Gasteiger partial charge on any atom is 0.333 e. The Bertz CT molecular complexity index is 2190. The fourth-order valence-corrected chi connectivity index (χ4v) is 8.11. The molecule has 0 N–H and O–H groups in total. The van der Waals surface area contributed by atoms with E-state index in [0.717, 1.165) is 55.0 Å². The standard InChI is InChI=1S/C44H39N3O4S2/c1-30(2)44(50)51-27-13-5-4-12-26-46-42(48)37(31(3)38(29-45)43(46)49)28-36-22-23-40(52-36)41-25-24-39(53-41)32-18-20-35(21-19-32)47(33-14-8-6-9-15-33)34-16-10-7-11-17-34/h6-11,14-25,28H,1,4-5,12-13,26-27H2,2-3H3. The average molecular weight is 738 g/mol. The number of esters is 1. The number of rotatable bonds is 14. The average Bonchev–Trinajstić information content (AvgIpc) is 3.86. The van der Waals surface area contributed by atoms with E-state index >= 15 is 0 Å². The summed E-state index contributed by atoms with van der Waals surface area (Å²) in [5, 5.41) is 9.83. The first-order valence-electron chi connectivity index (χ1n) is 17.5. The number of anilines is 3. The van der Waals surface area contributed by atoms with Crippen molar-refractivity contribution in [2.24, 2.45) is 0 Å². The van der Waals surface area contributed by atoms with E-state index in [9.17, 15) is 19.6 Å². The molecule has 3 heterocycles. The lowest BCUT2D eigenvalue weighted by molar-refractivity contribution is -0.141. The summed E-state index contributed by atoms with van der Waals surface area (Å²) in [6.45, 7) is 7.35. The quantitative estimate of drug-likeness (QED) is 0.0488. The molecule has 7 nitrogen and oxygen atoms in total. The van der Waals surface area contributed by atoms with Gasteiger partial charge in [0.15, 0.2) is 0 Å². The van der Waals surface area contributed by atoms with Gasteiger partial charge in [-0.05, 0) is 111 Å². The molecule has 0 bridgehead atoms. The van der Waals surface area contributed by atoms with Crippen LogP contribution >= 0.6 is 22.7 Å². The number of carbonyl (C=O) groups is 3. The Morgan fingerprint density at radius 3 is 2.00 bits per heavy atom.